The number of benzene rings is 2. The highest BCUT2D eigenvalue weighted by Crippen LogP contribution is 2.48. The van der Waals surface area contributed by atoms with E-state index in [1.165, 1.54) is 18.2 Å². The molecule has 0 fully saturated rings. The standard InChI is InChI=1S/C18H13N3O6/c19-8-12-16(11-2-1-10(22)7-14(11)27-18(12)20)9-5-13(21(23)24)17-15(6-9)25-3-4-26-17/h1-2,5-7,16,22H,3-4,20H2/t16-/m1/s1. The Bertz CT molecular complexity index is 1040. The molecule has 2 aliphatic rings. The summed E-state index contributed by atoms with van der Waals surface area (Å²) in [5.41, 5.74) is 6.71. The number of nitro groups is 1. The van der Waals surface area contributed by atoms with Crippen molar-refractivity contribution in [1.29, 1.82) is 5.26 Å². The number of phenolic OH excluding ortho intramolecular Hbond substituents is 1. The van der Waals surface area contributed by atoms with Crippen molar-refractivity contribution in [3.63, 3.8) is 0 Å². The predicted octanol–water partition coefficient (Wildman–Crippen LogP) is 2.29. The van der Waals surface area contributed by atoms with Crippen LogP contribution in [0.3, 0.4) is 0 Å². The topological polar surface area (TPSA) is 141 Å². The average Bonchev–Trinajstić information content (AvgIpc) is 2.65. The van der Waals surface area contributed by atoms with Gasteiger partial charge in [-0.1, -0.05) is 6.07 Å². The third-order valence-electron chi connectivity index (χ3n) is 4.38. The lowest BCUT2D eigenvalue weighted by Crippen LogP contribution is -2.22. The van der Waals surface area contributed by atoms with Crippen LogP contribution in [0.5, 0.6) is 23.0 Å². The molecule has 0 aliphatic carbocycles. The van der Waals surface area contributed by atoms with Gasteiger partial charge in [-0.3, -0.25) is 10.1 Å². The van der Waals surface area contributed by atoms with Crippen LogP contribution in [-0.2, 0) is 0 Å². The van der Waals surface area contributed by atoms with E-state index in [9.17, 15) is 20.5 Å². The maximum atomic E-state index is 11.5. The summed E-state index contributed by atoms with van der Waals surface area (Å²) in [5, 5.41) is 30.8. The molecule has 2 aliphatic heterocycles. The lowest BCUT2D eigenvalue weighted by Gasteiger charge is -2.27. The number of nitrogens with zero attached hydrogens (tertiary/aromatic N) is 2. The molecule has 136 valence electrons. The molecule has 0 saturated heterocycles. The third-order valence-corrected chi connectivity index (χ3v) is 4.38. The van der Waals surface area contributed by atoms with E-state index in [0.717, 1.165) is 0 Å². The summed E-state index contributed by atoms with van der Waals surface area (Å²) in [6.07, 6.45) is 0. The normalized spacial score (nSPS) is 17.5. The van der Waals surface area contributed by atoms with Gasteiger partial charge < -0.3 is 25.1 Å². The molecule has 4 rings (SSSR count). The number of nitrogens with two attached hydrogens (primary N) is 1. The lowest BCUT2D eigenvalue weighted by atomic mass is 9.83. The highest BCUT2D eigenvalue weighted by Gasteiger charge is 2.34. The molecule has 0 aromatic heterocycles. The first kappa shape index (κ1) is 16.5. The Balaban J connectivity index is 1.96. The molecule has 2 aromatic carbocycles. The minimum Gasteiger partial charge on any atom is -0.508 e. The largest absolute Gasteiger partial charge is 0.508 e. The number of hydrogen-bond donors (Lipinski definition) is 2. The summed E-state index contributed by atoms with van der Waals surface area (Å²) in [6, 6.07) is 9.34. The number of aromatic hydroxyl groups is 1. The Labute approximate surface area is 152 Å². The summed E-state index contributed by atoms with van der Waals surface area (Å²) >= 11 is 0. The maximum absolute atomic E-state index is 11.5. The molecule has 0 radical (unpaired) electrons. The van der Waals surface area contributed by atoms with Gasteiger partial charge in [-0.25, -0.2) is 0 Å². The van der Waals surface area contributed by atoms with Crippen LogP contribution in [-0.4, -0.2) is 23.2 Å². The van der Waals surface area contributed by atoms with E-state index in [-0.39, 0.29) is 53.4 Å². The van der Waals surface area contributed by atoms with Crippen LogP contribution in [0.4, 0.5) is 5.69 Å². The van der Waals surface area contributed by atoms with Crippen LogP contribution in [0, 0.1) is 21.4 Å². The van der Waals surface area contributed by atoms with Gasteiger partial charge in [0.15, 0.2) is 5.75 Å². The minimum atomic E-state index is -0.714. The van der Waals surface area contributed by atoms with E-state index in [0.29, 0.717) is 11.1 Å². The van der Waals surface area contributed by atoms with Crippen LogP contribution < -0.4 is 19.9 Å². The highest BCUT2D eigenvalue weighted by molar-refractivity contribution is 5.64. The fourth-order valence-electron chi connectivity index (χ4n) is 3.25. The average molecular weight is 367 g/mol. The minimum absolute atomic E-state index is 0.0335. The van der Waals surface area contributed by atoms with E-state index in [2.05, 4.69) is 0 Å². The second kappa shape index (κ2) is 6.10. The van der Waals surface area contributed by atoms with Gasteiger partial charge in [-0.05, 0) is 17.7 Å². The molecule has 9 heteroatoms. The Kier molecular flexibility index (Phi) is 3.74. The molecule has 0 spiro atoms. The first-order chi connectivity index (χ1) is 13.0. The van der Waals surface area contributed by atoms with Crippen LogP contribution in [0.15, 0.2) is 41.8 Å². The van der Waals surface area contributed by atoms with Crippen LogP contribution in [0.2, 0.25) is 0 Å². The Morgan fingerprint density at radius 3 is 2.74 bits per heavy atom. The lowest BCUT2D eigenvalue weighted by molar-refractivity contribution is -0.386. The van der Waals surface area contributed by atoms with Crippen molar-refractivity contribution in [3.8, 4) is 29.1 Å². The van der Waals surface area contributed by atoms with Crippen LogP contribution in [0.1, 0.15) is 17.0 Å². The van der Waals surface area contributed by atoms with Crippen molar-refractivity contribution in [1.82, 2.24) is 0 Å². The zero-order chi connectivity index (χ0) is 19.1. The fourth-order valence-corrected chi connectivity index (χ4v) is 3.25. The summed E-state index contributed by atoms with van der Waals surface area (Å²) in [4.78, 5) is 11.0. The van der Waals surface area contributed by atoms with Gasteiger partial charge in [0.25, 0.3) is 0 Å². The van der Waals surface area contributed by atoms with Crippen LogP contribution in [0.25, 0.3) is 0 Å². The second-order valence-electron chi connectivity index (χ2n) is 5.97. The Hall–Kier alpha value is -3.93. The quantitative estimate of drug-likeness (QED) is 0.608. The van der Waals surface area contributed by atoms with Crippen molar-refractivity contribution >= 4 is 5.69 Å². The molecule has 1 atom stereocenters. The summed E-state index contributed by atoms with van der Waals surface area (Å²) in [6.45, 7) is 0.470. The molecular formula is C18H13N3O6. The molecule has 9 nitrogen and oxygen atoms in total. The molecule has 0 unspecified atom stereocenters. The second-order valence-corrected chi connectivity index (χ2v) is 5.97. The molecular weight excluding hydrogens is 354 g/mol. The number of hydrogen-bond acceptors (Lipinski definition) is 8. The van der Waals surface area contributed by atoms with Gasteiger partial charge in [-0.2, -0.15) is 5.26 Å². The molecule has 2 aromatic rings. The number of fused-ring (bicyclic) bond motifs is 2. The molecule has 0 amide bonds. The van der Waals surface area contributed by atoms with Gasteiger partial charge >= 0.3 is 5.69 Å². The van der Waals surface area contributed by atoms with E-state index in [1.807, 2.05) is 6.07 Å². The third kappa shape index (κ3) is 2.64. The van der Waals surface area contributed by atoms with Crippen molar-refractivity contribution in [2.24, 2.45) is 5.73 Å². The smallest absolute Gasteiger partial charge is 0.315 e. The van der Waals surface area contributed by atoms with Gasteiger partial charge in [0.05, 0.1) is 10.8 Å². The van der Waals surface area contributed by atoms with Gasteiger partial charge in [-0.15, -0.1) is 0 Å². The highest BCUT2D eigenvalue weighted by atomic mass is 16.6. The van der Waals surface area contributed by atoms with Crippen LogP contribution >= 0.6 is 0 Å². The number of nitriles is 1. The molecule has 3 N–H and O–H groups in total. The monoisotopic (exact) mass is 367 g/mol. The number of rotatable bonds is 2. The SMILES string of the molecule is N#CC1=C(N)Oc2cc(O)ccc2[C@H]1c1cc2c(c([N+](=O)[O-])c1)OCCO2. The van der Waals surface area contributed by atoms with Gasteiger partial charge in [0.2, 0.25) is 11.6 Å². The summed E-state index contributed by atoms with van der Waals surface area (Å²) in [7, 11) is 0. The first-order valence-electron chi connectivity index (χ1n) is 7.98. The predicted molar refractivity (Wildman–Crippen MR) is 91.5 cm³/mol. The molecule has 2 heterocycles. The zero-order valence-corrected chi connectivity index (χ0v) is 13.8. The van der Waals surface area contributed by atoms with E-state index in [4.69, 9.17) is 19.9 Å². The van der Waals surface area contributed by atoms with E-state index in [1.54, 1.807) is 12.1 Å². The Morgan fingerprint density at radius 2 is 2.00 bits per heavy atom. The van der Waals surface area contributed by atoms with Crippen molar-refractivity contribution < 1.29 is 24.2 Å². The number of allylic oxidation sites excluding steroid dienone is 1. The fraction of sp³-hybridized carbons (Fsp3) is 0.167. The van der Waals surface area contributed by atoms with Gasteiger partial charge in [0.1, 0.15) is 36.4 Å². The van der Waals surface area contributed by atoms with Crippen molar-refractivity contribution in [2.75, 3.05) is 13.2 Å². The number of ether oxygens (including phenoxy) is 3. The first-order valence-corrected chi connectivity index (χ1v) is 7.98. The number of nitro benzene ring substituents is 1. The number of phenols is 1. The van der Waals surface area contributed by atoms with E-state index >= 15 is 0 Å². The molecule has 0 saturated carbocycles. The Morgan fingerprint density at radius 1 is 1.22 bits per heavy atom. The summed E-state index contributed by atoms with van der Waals surface area (Å²) in [5.74, 6) is -0.313. The molecule has 27 heavy (non-hydrogen) atoms. The molecule has 0 bridgehead atoms. The van der Waals surface area contributed by atoms with E-state index < -0.39 is 10.8 Å². The van der Waals surface area contributed by atoms with Crippen molar-refractivity contribution in [3.05, 3.63) is 63.0 Å². The van der Waals surface area contributed by atoms with Crippen molar-refractivity contribution in [2.45, 2.75) is 5.92 Å². The zero-order valence-electron chi connectivity index (χ0n) is 13.8. The summed E-state index contributed by atoms with van der Waals surface area (Å²) < 4.78 is 16.4. The maximum Gasteiger partial charge on any atom is 0.315 e. The van der Waals surface area contributed by atoms with Gasteiger partial charge in [0, 0.05) is 17.7 Å².